The number of benzene rings is 2. The van der Waals surface area contributed by atoms with Gasteiger partial charge < -0.3 is 20.4 Å². The van der Waals surface area contributed by atoms with Gasteiger partial charge in [0, 0.05) is 15.8 Å². The van der Waals surface area contributed by atoms with E-state index in [2.05, 4.69) is 31.9 Å². The molecule has 0 radical (unpaired) electrons. The number of rotatable bonds is 6. The molecule has 1 heterocycles. The molecule has 0 saturated carbocycles. The first-order chi connectivity index (χ1) is 14.6. The number of nitrogens with one attached hydrogen (secondary N) is 3. The number of hydrogen-bond donors (Lipinski definition) is 3. The molecule has 31 heavy (non-hydrogen) atoms. The highest BCUT2D eigenvalue weighted by atomic mass is 79.9. The Morgan fingerprint density at radius 3 is 2.42 bits per heavy atom. The fraction of sp³-hybridized carbons (Fsp3) is 0.143. The summed E-state index contributed by atoms with van der Waals surface area (Å²) < 4.78 is 46.0. The molecule has 6 nitrogen and oxygen atoms in total. The first-order valence-electron chi connectivity index (χ1n) is 8.98. The Morgan fingerprint density at radius 2 is 1.77 bits per heavy atom. The third kappa shape index (κ3) is 5.88. The third-order valence-corrected chi connectivity index (χ3v) is 4.86. The summed E-state index contributed by atoms with van der Waals surface area (Å²) in [4.78, 5) is 24.2. The zero-order chi connectivity index (χ0) is 22.6. The molecule has 3 aromatic rings. The highest BCUT2D eigenvalue weighted by Gasteiger charge is 2.34. The topological polar surface area (TPSA) is 83.4 Å². The monoisotopic (exact) mass is 495 g/mol. The maximum absolute atomic E-state index is 13.5. The quantitative estimate of drug-likeness (QED) is 0.411. The fourth-order valence-corrected chi connectivity index (χ4v) is 3.29. The van der Waals surface area contributed by atoms with Gasteiger partial charge in [-0.3, -0.25) is 9.59 Å². The molecule has 0 atom stereocenters. The molecule has 0 unspecified atom stereocenters. The minimum Gasteiger partial charge on any atom is -0.472 e. The largest absolute Gasteiger partial charge is 0.472 e. The number of halogens is 4. The number of furan rings is 1. The molecule has 1 aromatic heterocycles. The van der Waals surface area contributed by atoms with Gasteiger partial charge in [0.2, 0.25) is 5.91 Å². The van der Waals surface area contributed by atoms with Crippen molar-refractivity contribution in [2.75, 3.05) is 22.5 Å². The second kappa shape index (κ2) is 9.25. The van der Waals surface area contributed by atoms with Crippen LogP contribution in [0.25, 0.3) is 0 Å². The Labute approximate surface area is 184 Å². The van der Waals surface area contributed by atoms with Crippen LogP contribution >= 0.6 is 15.9 Å². The van der Waals surface area contributed by atoms with Crippen molar-refractivity contribution in [3.63, 3.8) is 0 Å². The standard InChI is InChI=1S/C21H17BrF3N3O3/c1-12-2-4-18(16(22)8-12)28-19(29)10-26-17-5-3-14(9-15(17)21(23,24)25)27-20(30)13-6-7-31-11-13/h2-9,11,26H,10H2,1H3,(H,27,30)(H,28,29). The maximum atomic E-state index is 13.5. The van der Waals surface area contributed by atoms with E-state index in [-0.39, 0.29) is 23.5 Å². The number of aryl methyl sites for hydroxylation is 1. The lowest BCUT2D eigenvalue weighted by molar-refractivity contribution is -0.137. The molecule has 0 aliphatic rings. The molecule has 3 N–H and O–H groups in total. The predicted molar refractivity (Wildman–Crippen MR) is 114 cm³/mol. The Kier molecular flexibility index (Phi) is 6.69. The van der Waals surface area contributed by atoms with Crippen LogP contribution in [0, 0.1) is 6.92 Å². The number of alkyl halides is 3. The summed E-state index contributed by atoms with van der Waals surface area (Å²) >= 11 is 3.33. The van der Waals surface area contributed by atoms with Gasteiger partial charge in [0.1, 0.15) is 6.26 Å². The minimum atomic E-state index is -4.70. The van der Waals surface area contributed by atoms with E-state index in [1.54, 1.807) is 18.2 Å². The lowest BCUT2D eigenvalue weighted by atomic mass is 10.1. The van der Waals surface area contributed by atoms with Crippen molar-refractivity contribution in [2.45, 2.75) is 13.1 Å². The predicted octanol–water partition coefficient (Wildman–Crippen LogP) is 5.67. The summed E-state index contributed by atoms with van der Waals surface area (Å²) in [5.74, 6) is -1.12. The van der Waals surface area contributed by atoms with Crippen LogP contribution < -0.4 is 16.0 Å². The Bertz CT molecular complexity index is 1100. The molecule has 0 aliphatic carbocycles. The van der Waals surface area contributed by atoms with Crippen LogP contribution in [0.1, 0.15) is 21.5 Å². The molecule has 0 aliphatic heterocycles. The normalized spacial score (nSPS) is 11.1. The summed E-state index contributed by atoms with van der Waals surface area (Å²) in [5, 5.41) is 7.51. The fourth-order valence-electron chi connectivity index (χ4n) is 2.70. The van der Waals surface area contributed by atoms with Crippen molar-refractivity contribution in [2.24, 2.45) is 0 Å². The van der Waals surface area contributed by atoms with E-state index in [4.69, 9.17) is 4.42 Å². The van der Waals surface area contributed by atoms with E-state index in [1.807, 2.05) is 6.92 Å². The Balaban J connectivity index is 1.71. The lowest BCUT2D eigenvalue weighted by Crippen LogP contribution is -2.23. The summed E-state index contributed by atoms with van der Waals surface area (Å²) in [6.07, 6.45) is -2.24. The lowest BCUT2D eigenvalue weighted by Gasteiger charge is -2.16. The number of anilines is 3. The summed E-state index contributed by atoms with van der Waals surface area (Å²) in [7, 11) is 0. The second-order valence-corrected chi connectivity index (χ2v) is 7.46. The number of carbonyl (C=O) groups is 2. The van der Waals surface area contributed by atoms with Gasteiger partial charge in [-0.1, -0.05) is 6.07 Å². The highest BCUT2D eigenvalue weighted by molar-refractivity contribution is 9.10. The molecule has 0 bridgehead atoms. The van der Waals surface area contributed by atoms with Crippen LogP contribution in [0.2, 0.25) is 0 Å². The summed E-state index contributed by atoms with van der Waals surface area (Å²) in [5.41, 5.74) is 0.323. The second-order valence-electron chi connectivity index (χ2n) is 6.61. The van der Waals surface area contributed by atoms with Gasteiger partial charge in [0.25, 0.3) is 5.91 Å². The minimum absolute atomic E-state index is 0.0443. The van der Waals surface area contributed by atoms with Crippen LogP contribution in [0.5, 0.6) is 0 Å². The Morgan fingerprint density at radius 1 is 1.03 bits per heavy atom. The zero-order valence-corrected chi connectivity index (χ0v) is 17.7. The van der Waals surface area contributed by atoms with Crippen molar-refractivity contribution in [3.8, 4) is 0 Å². The van der Waals surface area contributed by atoms with Gasteiger partial charge in [-0.25, -0.2) is 0 Å². The van der Waals surface area contributed by atoms with Crippen LogP contribution in [-0.4, -0.2) is 18.4 Å². The number of hydrogen-bond acceptors (Lipinski definition) is 4. The summed E-state index contributed by atoms with van der Waals surface area (Å²) in [6, 6.07) is 9.95. The first-order valence-corrected chi connectivity index (χ1v) is 9.77. The van der Waals surface area contributed by atoms with Crippen molar-refractivity contribution in [1.82, 2.24) is 0 Å². The van der Waals surface area contributed by atoms with E-state index in [0.29, 0.717) is 10.2 Å². The molecule has 0 spiro atoms. The summed E-state index contributed by atoms with van der Waals surface area (Å²) in [6.45, 7) is 1.50. The van der Waals surface area contributed by atoms with Gasteiger partial charge in [-0.15, -0.1) is 0 Å². The van der Waals surface area contributed by atoms with E-state index < -0.39 is 23.6 Å². The van der Waals surface area contributed by atoms with E-state index in [9.17, 15) is 22.8 Å². The maximum Gasteiger partial charge on any atom is 0.418 e. The van der Waals surface area contributed by atoms with Gasteiger partial charge in [-0.2, -0.15) is 13.2 Å². The smallest absolute Gasteiger partial charge is 0.418 e. The average Bonchev–Trinajstić information content (AvgIpc) is 3.23. The van der Waals surface area contributed by atoms with Crippen LogP contribution in [0.4, 0.5) is 30.2 Å². The van der Waals surface area contributed by atoms with Crippen LogP contribution in [0.3, 0.4) is 0 Å². The van der Waals surface area contributed by atoms with Crippen molar-refractivity contribution >= 4 is 44.8 Å². The molecule has 3 rings (SSSR count). The molecular weight excluding hydrogens is 479 g/mol. The number of amides is 2. The zero-order valence-electron chi connectivity index (χ0n) is 16.1. The SMILES string of the molecule is Cc1ccc(NC(=O)CNc2ccc(NC(=O)c3ccoc3)cc2C(F)(F)F)c(Br)c1. The van der Waals surface area contributed by atoms with Gasteiger partial charge in [0.05, 0.1) is 29.6 Å². The molecule has 2 amide bonds. The molecule has 162 valence electrons. The van der Waals surface area contributed by atoms with Crippen LogP contribution in [-0.2, 0) is 11.0 Å². The van der Waals surface area contributed by atoms with E-state index in [1.165, 1.54) is 24.7 Å². The molecule has 0 fully saturated rings. The first kappa shape index (κ1) is 22.4. The van der Waals surface area contributed by atoms with Crippen molar-refractivity contribution < 1.29 is 27.2 Å². The van der Waals surface area contributed by atoms with E-state index in [0.717, 1.165) is 17.7 Å². The van der Waals surface area contributed by atoms with Gasteiger partial charge in [0.15, 0.2) is 0 Å². The average molecular weight is 496 g/mol. The van der Waals surface area contributed by atoms with Gasteiger partial charge in [-0.05, 0) is 64.8 Å². The molecule has 10 heteroatoms. The van der Waals surface area contributed by atoms with E-state index >= 15 is 0 Å². The number of carbonyl (C=O) groups excluding carboxylic acids is 2. The molecule has 0 saturated heterocycles. The molecular formula is C21H17BrF3N3O3. The van der Waals surface area contributed by atoms with Crippen molar-refractivity contribution in [1.29, 1.82) is 0 Å². The van der Waals surface area contributed by atoms with Gasteiger partial charge >= 0.3 is 6.18 Å². The Hall–Kier alpha value is -3.27. The highest BCUT2D eigenvalue weighted by Crippen LogP contribution is 2.36. The third-order valence-electron chi connectivity index (χ3n) is 4.20. The molecule has 2 aromatic carbocycles. The van der Waals surface area contributed by atoms with Crippen LogP contribution in [0.15, 0.2) is 63.9 Å². The van der Waals surface area contributed by atoms with Crippen molar-refractivity contribution in [3.05, 3.63) is 76.2 Å².